The molecule has 10 aliphatic heterocycles. The topological polar surface area (TPSA) is 221 Å². The zero-order valence-electron chi connectivity index (χ0n) is 60.9. The number of benzene rings is 5. The fraction of sp³-hybridized carbons (Fsp3) is 0.427. The summed E-state index contributed by atoms with van der Waals surface area (Å²) in [6.07, 6.45) is 17.9. The van der Waals surface area contributed by atoms with Gasteiger partial charge in [-0.2, -0.15) is 0 Å². The lowest BCUT2D eigenvalue weighted by Crippen LogP contribution is -2.59. The summed E-state index contributed by atoms with van der Waals surface area (Å²) in [6, 6.07) is 53.8. The summed E-state index contributed by atoms with van der Waals surface area (Å²) in [6.45, 7) is 14.6. The van der Waals surface area contributed by atoms with Crippen LogP contribution in [0.5, 0.6) is 0 Å². The summed E-state index contributed by atoms with van der Waals surface area (Å²) >= 11 is 0. The number of halogens is 1. The largest absolute Gasteiger partial charge is 0.375 e. The Morgan fingerprint density at radius 2 is 0.689 bits per heavy atom. The second-order valence-corrected chi connectivity index (χ2v) is 30.2. The Kier molecular flexibility index (Phi) is 19.7. The van der Waals surface area contributed by atoms with Crippen molar-refractivity contribution < 1.29 is 18.8 Å². The van der Waals surface area contributed by atoms with E-state index >= 15 is 0 Å². The molecule has 1 saturated carbocycles. The van der Waals surface area contributed by atoms with E-state index in [2.05, 4.69) is 159 Å². The quantitative estimate of drug-likeness (QED) is 0.111. The van der Waals surface area contributed by atoms with Crippen LogP contribution in [-0.2, 0) is 32.1 Å². The van der Waals surface area contributed by atoms with Gasteiger partial charge in [-0.15, -0.1) is 25.5 Å². The van der Waals surface area contributed by atoms with Gasteiger partial charge in [-0.05, 0) is 118 Å². The number of carbonyl (C=O) groups excluding carboxylic acids is 3. The van der Waals surface area contributed by atoms with Crippen molar-refractivity contribution in [2.24, 2.45) is 5.92 Å². The molecule has 106 heavy (non-hydrogen) atoms. The SMILES string of the molecule is C=C(c1nc2n(n1)C(c1ccccc1)CC2)N(C)C.C=C(c1nc2n(n1)C(c1ccccc1)CC2)N1CC2CC1C2.CC1(F)CN(C(=O)c2nc3n(n2)[C@H](c2ccccc2)CC3)C1.O=C(c1nc2n(n1)C(c1ccccc1)CC2)N1CCCC1.O=C(c1nc2n(n1)C(c1ccccc1)CC2)N1CCCCC1. The fourth-order valence-electron chi connectivity index (χ4n) is 16.8. The first-order chi connectivity index (χ1) is 51.6. The van der Waals surface area contributed by atoms with Crippen molar-refractivity contribution in [3.63, 3.8) is 0 Å². The van der Waals surface area contributed by atoms with Gasteiger partial charge in [-0.3, -0.25) is 14.4 Å². The van der Waals surface area contributed by atoms with E-state index in [0.29, 0.717) is 29.8 Å². The highest BCUT2D eigenvalue weighted by atomic mass is 19.1. The molecular weight excluding hydrogens is 1330 g/mol. The van der Waals surface area contributed by atoms with Crippen LogP contribution in [0, 0.1) is 5.92 Å². The monoisotopic (exact) mass is 1420 g/mol. The van der Waals surface area contributed by atoms with E-state index in [1.165, 1.54) is 58.9 Å². The Labute approximate surface area is 617 Å². The van der Waals surface area contributed by atoms with Crippen molar-refractivity contribution in [1.29, 1.82) is 0 Å². The first-order valence-corrected chi connectivity index (χ1v) is 38.1. The van der Waals surface area contributed by atoms with Crippen LogP contribution < -0.4 is 0 Å². The molecule has 5 aromatic carbocycles. The van der Waals surface area contributed by atoms with E-state index in [1.54, 1.807) is 0 Å². The van der Waals surface area contributed by atoms with Gasteiger partial charge in [0.2, 0.25) is 17.5 Å². The molecule has 5 atom stereocenters. The highest BCUT2D eigenvalue weighted by Crippen LogP contribution is 2.45. The van der Waals surface area contributed by atoms with Crippen molar-refractivity contribution in [1.82, 2.24) is 98.3 Å². The molecule has 1 aliphatic carbocycles. The van der Waals surface area contributed by atoms with E-state index in [4.69, 9.17) is 10.1 Å². The summed E-state index contributed by atoms with van der Waals surface area (Å²) < 4.78 is 23.5. The Balaban J connectivity index is 0.000000102. The van der Waals surface area contributed by atoms with Crippen molar-refractivity contribution in [2.75, 3.05) is 59.9 Å². The van der Waals surface area contributed by atoms with Gasteiger partial charge < -0.3 is 24.5 Å². The second-order valence-electron chi connectivity index (χ2n) is 30.2. The van der Waals surface area contributed by atoms with Crippen molar-refractivity contribution in [3.05, 3.63) is 251 Å². The maximum absolute atomic E-state index is 13.5. The maximum Gasteiger partial charge on any atom is 0.293 e. The Bertz CT molecular complexity index is 4770. The van der Waals surface area contributed by atoms with E-state index in [0.717, 1.165) is 181 Å². The van der Waals surface area contributed by atoms with Crippen LogP contribution in [0.25, 0.3) is 11.4 Å². The highest BCUT2D eigenvalue weighted by molar-refractivity contribution is 5.92. The Hall–Kier alpha value is -10.8. The lowest BCUT2D eigenvalue weighted by molar-refractivity contribution is -0.00866. The minimum atomic E-state index is -1.27. The number of aromatic nitrogens is 15. The minimum absolute atomic E-state index is 0.00610. The van der Waals surface area contributed by atoms with Crippen LogP contribution >= 0.6 is 0 Å². The Morgan fingerprint density at radius 3 is 0.991 bits per heavy atom. The number of alkyl halides is 1. The number of nitrogens with zero attached hydrogens (tertiary/aromatic N) is 20. The predicted molar refractivity (Wildman–Crippen MR) is 400 cm³/mol. The average Bonchev–Trinajstić information content (AvgIpc) is 1.61. The zero-order chi connectivity index (χ0) is 72.6. The van der Waals surface area contributed by atoms with Gasteiger partial charge in [-0.1, -0.05) is 165 Å². The molecule has 546 valence electrons. The molecule has 5 saturated heterocycles. The summed E-state index contributed by atoms with van der Waals surface area (Å²) in [4.78, 5) is 69.5. The summed E-state index contributed by atoms with van der Waals surface area (Å²) in [5.74, 6) is 7.97. The van der Waals surface area contributed by atoms with Gasteiger partial charge in [0.15, 0.2) is 11.6 Å². The maximum atomic E-state index is 13.5. The molecule has 0 N–H and O–H groups in total. The van der Waals surface area contributed by atoms with E-state index < -0.39 is 5.67 Å². The molecule has 21 rings (SSSR count). The minimum Gasteiger partial charge on any atom is -0.375 e. The number of aryl methyl sites for hydroxylation is 5. The van der Waals surface area contributed by atoms with Crippen LogP contribution in [0.15, 0.2) is 165 Å². The van der Waals surface area contributed by atoms with Crippen LogP contribution in [0.1, 0.15) is 215 Å². The van der Waals surface area contributed by atoms with E-state index in [1.807, 2.05) is 104 Å². The average molecular weight is 1430 g/mol. The number of rotatable bonds is 12. The van der Waals surface area contributed by atoms with E-state index in [-0.39, 0.29) is 54.8 Å². The van der Waals surface area contributed by atoms with Crippen molar-refractivity contribution in [2.45, 2.75) is 158 Å². The lowest BCUT2D eigenvalue weighted by Gasteiger charge is -2.41. The number of fused-ring (bicyclic) bond motifs is 6. The normalized spacial score (nSPS) is 22.1. The molecule has 10 aromatic rings. The lowest BCUT2D eigenvalue weighted by atomic mass is 9.86. The number of hydrogen-bond donors (Lipinski definition) is 0. The van der Waals surface area contributed by atoms with Crippen LogP contribution in [0.4, 0.5) is 4.39 Å². The molecule has 23 nitrogen and oxygen atoms in total. The standard InChI is InChI=1S/C18H20N4.C17H20N4O.C16H17FN4O.C16H18N4O.C15H18N4/c1-12(21-11-13-9-15(21)10-13)18-19-17-8-7-16(22(17)20-18)14-5-3-2-4-6-14;22-17(20-11-5-2-6-12-20)16-18-15-10-9-14(21(15)19-16)13-7-3-1-4-8-13;1-16(17)9-20(10-16)15(22)14-18-13-8-7-12(21(13)19-14)11-5-3-2-4-6-11;21-16(19-10-4-5-11-19)15-17-14-9-8-13(20(14)18-15)12-6-2-1-3-7-12;1-11(18(2)3)15-16-14-10-9-13(19(14)17-15)12-7-5-4-6-8-12/h2-6,13,15-16H,1,7-11H2;1,3-4,7-8,14H,2,5-6,9-12H2;2-6,12H,7-10H2,1H3;1-3,6-7,13H,4-5,8-11H2;4-8,13H,1,9-10H2,2-3H3/t;;12-;;/m..0../s1. The van der Waals surface area contributed by atoms with E-state index in [9.17, 15) is 18.8 Å². The molecule has 5 aromatic heterocycles. The molecule has 3 amide bonds. The van der Waals surface area contributed by atoms with Crippen LogP contribution in [0.3, 0.4) is 0 Å². The van der Waals surface area contributed by atoms with Crippen LogP contribution in [0.2, 0.25) is 0 Å². The van der Waals surface area contributed by atoms with Gasteiger partial charge in [-0.25, -0.2) is 52.7 Å². The second kappa shape index (κ2) is 30.0. The highest BCUT2D eigenvalue weighted by Gasteiger charge is 2.46. The molecule has 0 spiro atoms. The smallest absolute Gasteiger partial charge is 0.293 e. The van der Waals surface area contributed by atoms with Gasteiger partial charge in [0, 0.05) is 85.0 Å². The zero-order valence-corrected chi connectivity index (χ0v) is 60.9. The molecule has 24 heteroatoms. The first kappa shape index (κ1) is 69.6. The predicted octanol–water partition coefficient (Wildman–Crippen LogP) is 11.7. The summed E-state index contributed by atoms with van der Waals surface area (Å²) in [5, 5.41) is 22.9. The number of hydrogen-bond acceptors (Lipinski definition) is 15. The van der Waals surface area contributed by atoms with Gasteiger partial charge in [0.05, 0.1) is 54.7 Å². The summed E-state index contributed by atoms with van der Waals surface area (Å²) in [7, 11) is 3.92. The number of amides is 3. The number of piperidine rings is 1. The van der Waals surface area contributed by atoms with Gasteiger partial charge in [0.25, 0.3) is 17.7 Å². The van der Waals surface area contributed by atoms with Crippen LogP contribution in [-0.4, -0.2) is 188 Å². The first-order valence-electron chi connectivity index (χ1n) is 38.1. The third-order valence-electron chi connectivity index (χ3n) is 22.6. The molecule has 6 fully saturated rings. The molecule has 11 aliphatic rings. The number of carbonyl (C=O) groups is 3. The number of likely N-dealkylation sites (tertiary alicyclic amines) is 3. The third kappa shape index (κ3) is 14.3. The van der Waals surface area contributed by atoms with Gasteiger partial charge in [0.1, 0.15) is 34.8 Å². The molecule has 2 bridgehead atoms. The van der Waals surface area contributed by atoms with Gasteiger partial charge >= 0.3 is 0 Å². The van der Waals surface area contributed by atoms with Crippen molar-refractivity contribution in [3.8, 4) is 0 Å². The molecule has 4 unspecified atom stereocenters. The Morgan fingerprint density at radius 1 is 0.406 bits per heavy atom. The summed E-state index contributed by atoms with van der Waals surface area (Å²) in [5.41, 5.74) is 6.88. The molecule has 0 radical (unpaired) electrons. The van der Waals surface area contributed by atoms with Crippen molar-refractivity contribution >= 4 is 29.1 Å². The fourth-order valence-corrected chi connectivity index (χ4v) is 16.8. The molecular formula is C82H93FN20O3. The third-order valence-corrected chi connectivity index (χ3v) is 22.6. The molecule has 15 heterocycles.